The maximum absolute atomic E-state index is 13.3. The zero-order valence-corrected chi connectivity index (χ0v) is 54.5. The highest BCUT2D eigenvalue weighted by Gasteiger charge is 2.43. The summed E-state index contributed by atoms with van der Waals surface area (Å²) in [6.07, 6.45) is 23.4. The predicted molar refractivity (Wildman–Crippen MR) is 372 cm³/mol. The van der Waals surface area contributed by atoms with Gasteiger partial charge < -0.3 is 19.6 Å². The maximum atomic E-state index is 13.3. The molecule has 1 N–H and O–H groups in total. The van der Waals surface area contributed by atoms with Crippen molar-refractivity contribution in [3.8, 4) is 33.4 Å². The van der Waals surface area contributed by atoms with E-state index in [0.717, 1.165) is 64.5 Å². The minimum Gasteiger partial charge on any atom is -0.478 e. The molecule has 0 saturated heterocycles. The van der Waals surface area contributed by atoms with Gasteiger partial charge >= 0.3 is 11.9 Å². The van der Waals surface area contributed by atoms with Gasteiger partial charge in [0.15, 0.2) is 0 Å². The Morgan fingerprint density at radius 1 is 0.409 bits per heavy atom. The van der Waals surface area contributed by atoms with Crippen molar-refractivity contribution in [2.45, 2.75) is 201 Å². The highest BCUT2D eigenvalue weighted by atomic mass is 16.5. The number of aromatic carboxylic acids is 1. The molecule has 6 heteroatoms. The van der Waals surface area contributed by atoms with Gasteiger partial charge in [0.25, 0.3) is 0 Å². The summed E-state index contributed by atoms with van der Waals surface area (Å²) in [5.74, 6) is -1.31. The molecule has 0 fully saturated rings. The molecule has 1 aliphatic rings. The van der Waals surface area contributed by atoms with Crippen LogP contribution in [0.25, 0.3) is 33.4 Å². The third kappa shape index (κ3) is 14.4. The molecule has 0 heterocycles. The van der Waals surface area contributed by atoms with E-state index in [4.69, 9.17) is 4.74 Å². The van der Waals surface area contributed by atoms with Gasteiger partial charge in [-0.2, -0.15) is 0 Å². The van der Waals surface area contributed by atoms with Crippen LogP contribution in [0.2, 0.25) is 0 Å². The number of hydrogen-bond donors (Lipinski definition) is 1. The lowest BCUT2D eigenvalue weighted by Crippen LogP contribution is -2.27. The van der Waals surface area contributed by atoms with E-state index < -0.39 is 5.97 Å². The molecule has 9 rings (SSSR count). The standard InChI is InChI=1S/C82H98N2O4/c1-10-17-19-21-23-25-54-82(55-26-24-22-20-18-11-2)76-58-63(39-51-74(76)75-52-42-67(59-77(75)82)81(9,15-6)53-12-3)62-37-47-70(48-38-62)83(73-32-28-30-65(57-73)79(87)88-16-7)68-43-33-60(34-44-68)61-35-45-69(46-36-61)84(72-31-27-29-64(56-72)78(85)86)71-49-40-66(41-50-71)80(8,13-4)14-5/h27-52,56-59H,10-26,53-55H2,1-9H3,(H,85,86). The summed E-state index contributed by atoms with van der Waals surface area (Å²) >= 11 is 0. The van der Waals surface area contributed by atoms with E-state index in [-0.39, 0.29) is 27.8 Å². The second-order valence-electron chi connectivity index (χ2n) is 25.6. The minimum atomic E-state index is -0.962. The van der Waals surface area contributed by atoms with Gasteiger partial charge in [0.1, 0.15) is 0 Å². The summed E-state index contributed by atoms with van der Waals surface area (Å²) in [6.45, 7) is 20.8. The molecule has 0 bridgehead atoms. The van der Waals surface area contributed by atoms with E-state index in [1.807, 2.05) is 37.3 Å². The molecule has 0 aromatic heterocycles. The van der Waals surface area contributed by atoms with Gasteiger partial charge in [-0.1, -0.05) is 230 Å². The molecule has 1 unspecified atom stereocenters. The lowest BCUT2D eigenvalue weighted by Gasteiger charge is -2.35. The van der Waals surface area contributed by atoms with E-state index in [2.05, 4.69) is 205 Å². The van der Waals surface area contributed by atoms with Gasteiger partial charge in [0.2, 0.25) is 0 Å². The van der Waals surface area contributed by atoms with Crippen molar-refractivity contribution in [1.29, 1.82) is 0 Å². The molecule has 88 heavy (non-hydrogen) atoms. The van der Waals surface area contributed by atoms with Gasteiger partial charge in [-0.3, -0.25) is 0 Å². The smallest absolute Gasteiger partial charge is 0.338 e. The number of benzene rings is 8. The Morgan fingerprint density at radius 3 is 1.28 bits per heavy atom. The van der Waals surface area contributed by atoms with Crippen LogP contribution in [-0.4, -0.2) is 23.7 Å². The molecule has 0 spiro atoms. The largest absolute Gasteiger partial charge is 0.478 e. The second-order valence-corrected chi connectivity index (χ2v) is 25.6. The lowest BCUT2D eigenvalue weighted by molar-refractivity contribution is 0.0525. The van der Waals surface area contributed by atoms with Crippen LogP contribution in [0.3, 0.4) is 0 Å². The number of rotatable bonds is 32. The molecule has 8 aromatic rings. The number of ether oxygens (including phenoxy) is 1. The van der Waals surface area contributed by atoms with Crippen molar-refractivity contribution in [3.05, 3.63) is 215 Å². The van der Waals surface area contributed by atoms with E-state index in [1.165, 1.54) is 142 Å². The second kappa shape index (κ2) is 30.0. The maximum Gasteiger partial charge on any atom is 0.338 e. The number of carboxylic acids is 1. The van der Waals surface area contributed by atoms with Crippen LogP contribution in [0.15, 0.2) is 182 Å². The van der Waals surface area contributed by atoms with Crippen molar-refractivity contribution in [2.75, 3.05) is 16.4 Å². The van der Waals surface area contributed by atoms with Gasteiger partial charge in [-0.15, -0.1) is 0 Å². The third-order valence-corrected chi connectivity index (χ3v) is 19.9. The quantitative estimate of drug-likeness (QED) is 0.0335. The Kier molecular flexibility index (Phi) is 22.1. The van der Waals surface area contributed by atoms with Gasteiger partial charge in [-0.05, 0) is 203 Å². The fourth-order valence-electron chi connectivity index (χ4n) is 13.9. The fraction of sp³-hybridized carbons (Fsp3) is 0.390. The normalized spacial score (nSPS) is 13.1. The summed E-state index contributed by atoms with van der Waals surface area (Å²) in [5, 5.41) is 10.0. The summed E-state index contributed by atoms with van der Waals surface area (Å²) < 4.78 is 5.52. The first-order chi connectivity index (χ1) is 42.8. The highest BCUT2D eigenvalue weighted by molar-refractivity contribution is 5.93. The molecule has 8 aromatic carbocycles. The molecule has 0 amide bonds. The summed E-state index contributed by atoms with van der Waals surface area (Å²) in [4.78, 5) is 29.9. The van der Waals surface area contributed by atoms with Gasteiger partial charge in [0, 0.05) is 39.5 Å². The van der Waals surface area contributed by atoms with Crippen molar-refractivity contribution in [3.63, 3.8) is 0 Å². The molecule has 0 saturated carbocycles. The fourth-order valence-corrected chi connectivity index (χ4v) is 13.9. The number of esters is 1. The van der Waals surface area contributed by atoms with Crippen LogP contribution in [0.5, 0.6) is 0 Å². The van der Waals surface area contributed by atoms with Gasteiger partial charge in [-0.25, -0.2) is 9.59 Å². The predicted octanol–water partition coefficient (Wildman–Crippen LogP) is 24.1. The first kappa shape index (κ1) is 64.8. The molecular weight excluding hydrogens is 1080 g/mol. The monoisotopic (exact) mass is 1170 g/mol. The van der Waals surface area contributed by atoms with E-state index in [0.29, 0.717) is 12.2 Å². The number of hydrogen-bond acceptors (Lipinski definition) is 5. The van der Waals surface area contributed by atoms with Crippen LogP contribution in [0, 0.1) is 0 Å². The zero-order chi connectivity index (χ0) is 62.3. The number of unbranched alkanes of at least 4 members (excludes halogenated alkanes) is 10. The summed E-state index contributed by atoms with van der Waals surface area (Å²) in [7, 11) is 0. The van der Waals surface area contributed by atoms with Crippen molar-refractivity contribution in [2.24, 2.45) is 0 Å². The molecule has 6 nitrogen and oxygen atoms in total. The van der Waals surface area contributed by atoms with Crippen molar-refractivity contribution in [1.82, 2.24) is 0 Å². The number of carboxylic acid groups (broad SMARTS) is 1. The number of anilines is 6. The lowest BCUT2D eigenvalue weighted by atomic mass is 9.68. The average molecular weight is 1180 g/mol. The van der Waals surface area contributed by atoms with Crippen LogP contribution in [0.4, 0.5) is 34.1 Å². The number of carbonyl (C=O) groups excluding carboxylic acids is 1. The summed E-state index contributed by atoms with van der Waals surface area (Å²) in [6, 6.07) is 64.8. The molecule has 1 aliphatic carbocycles. The van der Waals surface area contributed by atoms with Crippen molar-refractivity contribution >= 4 is 46.1 Å². The first-order valence-corrected chi connectivity index (χ1v) is 33.7. The van der Waals surface area contributed by atoms with Crippen LogP contribution in [0.1, 0.15) is 227 Å². The Morgan fingerprint density at radius 2 is 0.818 bits per heavy atom. The average Bonchev–Trinajstić information content (AvgIpc) is 1.63. The number of nitrogens with zero attached hydrogens (tertiary/aromatic N) is 2. The SMILES string of the molecule is CCCCCCCCC1(CCCCCCCC)c2cc(-c3ccc(N(c4ccc(-c5ccc(N(c6ccc(C(C)(CC)CC)cc6)c6cccc(C(=O)O)c6)cc5)cc4)c4cccc(C(=O)OCC)c4)cc3)ccc2-c2ccc(C(C)(CC)CCC)cc21. The summed E-state index contributed by atoms with van der Waals surface area (Å²) in [5.41, 5.74) is 19.6. The zero-order valence-electron chi connectivity index (χ0n) is 54.5. The molecule has 0 radical (unpaired) electrons. The molecular formula is C82H98N2O4. The molecule has 460 valence electrons. The number of carbonyl (C=O) groups is 2. The van der Waals surface area contributed by atoms with E-state index >= 15 is 0 Å². The van der Waals surface area contributed by atoms with Crippen molar-refractivity contribution < 1.29 is 19.4 Å². The molecule has 1 atom stereocenters. The number of fused-ring (bicyclic) bond motifs is 3. The van der Waals surface area contributed by atoms with E-state index in [9.17, 15) is 14.7 Å². The highest BCUT2D eigenvalue weighted by Crippen LogP contribution is 2.56. The minimum absolute atomic E-state index is 0.0450. The Labute approximate surface area is 528 Å². The van der Waals surface area contributed by atoms with E-state index in [1.54, 1.807) is 17.7 Å². The first-order valence-electron chi connectivity index (χ1n) is 33.7. The Balaban J connectivity index is 1.06. The van der Waals surface area contributed by atoms with Gasteiger partial charge in [0.05, 0.1) is 17.7 Å². The van der Waals surface area contributed by atoms with Crippen LogP contribution >= 0.6 is 0 Å². The Hall–Kier alpha value is -7.70. The van der Waals surface area contributed by atoms with Crippen LogP contribution < -0.4 is 9.80 Å². The third-order valence-electron chi connectivity index (χ3n) is 19.9. The topological polar surface area (TPSA) is 70.1 Å². The Bertz CT molecular complexity index is 3540. The van der Waals surface area contributed by atoms with Crippen LogP contribution in [-0.2, 0) is 21.0 Å². The molecule has 0 aliphatic heterocycles.